The van der Waals surface area contributed by atoms with E-state index in [0.29, 0.717) is 16.7 Å². The first-order valence-electron chi connectivity index (χ1n) is 3.82. The molecule has 0 atom stereocenters. The summed E-state index contributed by atoms with van der Waals surface area (Å²) in [6.45, 7) is -1.37. The molecule has 0 aliphatic rings. The van der Waals surface area contributed by atoms with Gasteiger partial charge in [0.05, 0.1) is 0 Å². The number of rotatable bonds is 5. The molecule has 0 aromatic heterocycles. The lowest BCUT2D eigenvalue weighted by molar-refractivity contribution is 0.363. The number of hydrogen-bond donors (Lipinski definition) is 4. The molecule has 0 aromatic carbocycles. The summed E-state index contributed by atoms with van der Waals surface area (Å²) < 4.78 is 0. The molecule has 0 aliphatic heterocycles. The fourth-order valence-electron chi connectivity index (χ4n) is 0.743. The molecule has 0 aliphatic carbocycles. The monoisotopic (exact) mass is 200 g/mol. The van der Waals surface area contributed by atoms with Crippen LogP contribution in [0.2, 0.25) is 0 Å². The summed E-state index contributed by atoms with van der Waals surface area (Å²) in [7, 11) is 0.396. The van der Waals surface area contributed by atoms with Crippen LogP contribution in [0, 0.1) is 0 Å². The predicted octanol–water partition coefficient (Wildman–Crippen LogP) is 1.04. The molecule has 0 spiro atoms. The van der Waals surface area contributed by atoms with Gasteiger partial charge in [-0.25, -0.2) is 0 Å². The van der Waals surface area contributed by atoms with Gasteiger partial charge in [0, 0.05) is 0 Å². The van der Waals surface area contributed by atoms with Crippen molar-refractivity contribution in [1.82, 2.24) is 0 Å². The highest BCUT2D eigenvalue weighted by Crippen LogP contribution is 2.31. The van der Waals surface area contributed by atoms with Gasteiger partial charge in [-0.1, -0.05) is 26.2 Å². The van der Waals surface area contributed by atoms with E-state index in [-0.39, 0.29) is 0 Å². The van der Waals surface area contributed by atoms with E-state index in [4.69, 9.17) is 14.7 Å². The maximum Gasteiger partial charge on any atom is 0.274 e. The molecule has 0 aromatic rings. The molecular weight excluding hydrogens is 183 g/mol. The Labute approximate surface area is 71.3 Å². The molecule has 0 saturated carbocycles. The van der Waals surface area contributed by atoms with E-state index >= 15 is 0 Å². The standard InChI is InChI=1S/C6H17O3PS/c1-2-3-4-5-6-11-10(7,8)9/h7-9,11H,2-6H2,1H3. The third kappa shape index (κ3) is 10.7. The van der Waals surface area contributed by atoms with Crippen LogP contribution in [-0.2, 0) is 10.9 Å². The van der Waals surface area contributed by atoms with Crippen molar-refractivity contribution in [3.05, 3.63) is 0 Å². The predicted molar refractivity (Wildman–Crippen MR) is 51.3 cm³/mol. The highest BCUT2D eigenvalue weighted by molar-refractivity contribution is 8.16. The van der Waals surface area contributed by atoms with E-state index in [1.807, 2.05) is 0 Å². The fraction of sp³-hybridized carbons (Fsp3) is 1.00. The smallest absolute Gasteiger partial charge is 0.274 e. The van der Waals surface area contributed by atoms with E-state index in [1.54, 1.807) is 0 Å². The van der Waals surface area contributed by atoms with Gasteiger partial charge in [0.2, 0.25) is 0 Å². The van der Waals surface area contributed by atoms with Crippen LogP contribution in [0.3, 0.4) is 0 Å². The molecule has 70 valence electrons. The van der Waals surface area contributed by atoms with Crippen molar-refractivity contribution >= 4 is 17.7 Å². The molecule has 3 nitrogen and oxygen atoms in total. The second kappa shape index (κ2) is 6.21. The summed E-state index contributed by atoms with van der Waals surface area (Å²) in [6.07, 6.45) is 4.44. The molecule has 0 rings (SSSR count). The second-order valence-corrected chi connectivity index (χ2v) is 6.72. The Kier molecular flexibility index (Phi) is 6.58. The first kappa shape index (κ1) is 11.7. The van der Waals surface area contributed by atoms with E-state index in [0.717, 1.165) is 12.8 Å². The third-order valence-corrected chi connectivity index (χ3v) is 3.94. The lowest BCUT2D eigenvalue weighted by Gasteiger charge is -2.01. The van der Waals surface area contributed by atoms with Crippen LogP contribution >= 0.6 is 6.72 Å². The summed E-state index contributed by atoms with van der Waals surface area (Å²) >= 11 is 0. The molecule has 3 N–H and O–H groups in total. The van der Waals surface area contributed by atoms with Gasteiger partial charge >= 0.3 is 0 Å². The van der Waals surface area contributed by atoms with Crippen LogP contribution in [0.15, 0.2) is 0 Å². The first-order chi connectivity index (χ1) is 5.06. The topological polar surface area (TPSA) is 60.7 Å². The van der Waals surface area contributed by atoms with Crippen LogP contribution in [0.4, 0.5) is 0 Å². The maximum absolute atomic E-state index is 8.58. The van der Waals surface area contributed by atoms with Crippen LogP contribution in [0.25, 0.3) is 0 Å². The molecule has 0 fully saturated rings. The Morgan fingerprint density at radius 2 is 1.73 bits per heavy atom. The van der Waals surface area contributed by atoms with Crippen molar-refractivity contribution in [3.63, 3.8) is 0 Å². The Balaban J connectivity index is 3.28. The Bertz CT molecular complexity index is 134. The molecule has 0 heterocycles. The van der Waals surface area contributed by atoms with Gasteiger partial charge in [0.15, 0.2) is 0 Å². The molecule has 11 heavy (non-hydrogen) atoms. The summed E-state index contributed by atoms with van der Waals surface area (Å²) in [6, 6.07) is 0. The Morgan fingerprint density at radius 3 is 2.18 bits per heavy atom. The van der Waals surface area contributed by atoms with Gasteiger partial charge in [0.1, 0.15) is 0 Å². The van der Waals surface area contributed by atoms with Crippen molar-refractivity contribution < 1.29 is 14.7 Å². The lowest BCUT2D eigenvalue weighted by atomic mass is 10.2. The zero-order chi connectivity index (χ0) is 8.74. The largest absolute Gasteiger partial charge is 0.329 e. The minimum atomic E-state index is -3.49. The van der Waals surface area contributed by atoms with Crippen LogP contribution < -0.4 is 0 Å². The van der Waals surface area contributed by atoms with Gasteiger partial charge in [0.25, 0.3) is 6.72 Å². The average molecular weight is 200 g/mol. The Morgan fingerprint density at radius 1 is 1.09 bits per heavy atom. The molecule has 0 radical (unpaired) electrons. The van der Waals surface area contributed by atoms with Gasteiger partial charge in [-0.2, -0.15) is 0 Å². The minimum Gasteiger partial charge on any atom is -0.329 e. The summed E-state index contributed by atoms with van der Waals surface area (Å²) in [5.74, 6) is 0.692. The van der Waals surface area contributed by atoms with E-state index in [1.165, 1.54) is 12.8 Å². The number of unbranched alkanes of at least 4 members (excludes halogenated alkanes) is 3. The molecular formula is C6H17O3PS. The van der Waals surface area contributed by atoms with Crippen molar-refractivity contribution in [2.45, 2.75) is 32.6 Å². The minimum absolute atomic E-state index is 0.396. The van der Waals surface area contributed by atoms with Gasteiger partial charge in [-0.3, -0.25) is 0 Å². The van der Waals surface area contributed by atoms with E-state index < -0.39 is 6.72 Å². The average Bonchev–Trinajstić information content (AvgIpc) is 1.85. The zero-order valence-electron chi connectivity index (χ0n) is 6.77. The highest BCUT2D eigenvalue weighted by atomic mass is 32.5. The van der Waals surface area contributed by atoms with Crippen molar-refractivity contribution in [2.24, 2.45) is 0 Å². The fourth-order valence-corrected chi connectivity index (χ4v) is 2.61. The molecule has 5 heteroatoms. The maximum atomic E-state index is 8.58. The lowest BCUT2D eigenvalue weighted by Crippen LogP contribution is -1.85. The van der Waals surface area contributed by atoms with Crippen molar-refractivity contribution in [1.29, 1.82) is 0 Å². The number of hydrogen-bond acceptors (Lipinski definition) is 0. The van der Waals surface area contributed by atoms with E-state index in [2.05, 4.69) is 6.92 Å². The molecule has 0 saturated heterocycles. The van der Waals surface area contributed by atoms with Gasteiger partial charge in [-0.15, -0.1) is 10.9 Å². The molecule has 0 unspecified atom stereocenters. The van der Waals surface area contributed by atoms with Crippen LogP contribution in [0.5, 0.6) is 0 Å². The normalized spacial score (nSPS) is 12.0. The quantitative estimate of drug-likeness (QED) is 0.304. The molecule has 0 amide bonds. The zero-order valence-corrected chi connectivity index (χ0v) is 8.56. The highest BCUT2D eigenvalue weighted by Gasteiger charge is 1.98. The summed E-state index contributed by atoms with van der Waals surface area (Å²) in [4.78, 5) is 25.8. The third-order valence-electron chi connectivity index (χ3n) is 1.30. The van der Waals surface area contributed by atoms with Crippen molar-refractivity contribution in [3.8, 4) is 0 Å². The Hall–Kier alpha value is 0.660. The van der Waals surface area contributed by atoms with Gasteiger partial charge < -0.3 is 14.7 Å². The van der Waals surface area contributed by atoms with Crippen LogP contribution in [0.1, 0.15) is 32.6 Å². The first-order valence-corrected chi connectivity index (χ1v) is 7.26. The van der Waals surface area contributed by atoms with Crippen molar-refractivity contribution in [2.75, 3.05) is 5.75 Å². The van der Waals surface area contributed by atoms with Gasteiger partial charge in [-0.05, 0) is 12.2 Å². The summed E-state index contributed by atoms with van der Waals surface area (Å²) in [5, 5.41) is 0. The SMILES string of the molecule is CCCCCC[SH]=P(O)(O)O. The summed E-state index contributed by atoms with van der Waals surface area (Å²) in [5.41, 5.74) is 0. The van der Waals surface area contributed by atoms with E-state index in [9.17, 15) is 0 Å². The molecule has 0 bridgehead atoms. The van der Waals surface area contributed by atoms with Crippen LogP contribution in [-0.4, -0.2) is 20.4 Å². The second-order valence-electron chi connectivity index (χ2n) is 2.46. The number of thiol groups is 1.